The number of nitrogens with zero attached hydrogens (tertiary/aromatic N) is 2. The second-order valence-electron chi connectivity index (χ2n) is 8.16. The standard InChI is InChI=1S/C24H25FN2O5S/c1-15-8-10-27(11-9-15)24(28)19-14-26-20-6-4-16(25)12-18(20)23(19)33(29,30)17-5-7-21(31-2)22(13-17)32-3/h4-7,12-15H,8-11H2,1-3H3. The van der Waals surface area contributed by atoms with E-state index in [2.05, 4.69) is 11.9 Å². The van der Waals surface area contributed by atoms with Gasteiger partial charge in [0.25, 0.3) is 5.91 Å². The predicted octanol–water partition coefficient (Wildman–Crippen LogP) is 4.10. The molecular formula is C24H25FN2O5S. The monoisotopic (exact) mass is 472 g/mol. The average Bonchev–Trinajstić information content (AvgIpc) is 2.82. The normalized spacial score (nSPS) is 15.0. The number of halogens is 1. The maximum Gasteiger partial charge on any atom is 0.256 e. The molecule has 7 nitrogen and oxygen atoms in total. The summed E-state index contributed by atoms with van der Waals surface area (Å²) in [6.45, 7) is 3.17. The number of hydrogen-bond donors (Lipinski definition) is 0. The third kappa shape index (κ3) is 4.25. The maximum absolute atomic E-state index is 14.2. The van der Waals surface area contributed by atoms with Gasteiger partial charge in [0.2, 0.25) is 9.84 Å². The molecule has 1 aliphatic heterocycles. The van der Waals surface area contributed by atoms with Crippen LogP contribution in [0.15, 0.2) is 52.4 Å². The molecule has 0 unspecified atom stereocenters. The highest BCUT2D eigenvalue weighted by atomic mass is 32.2. The number of hydrogen-bond acceptors (Lipinski definition) is 6. The molecular weight excluding hydrogens is 447 g/mol. The molecule has 33 heavy (non-hydrogen) atoms. The van der Waals surface area contributed by atoms with Crippen LogP contribution in [0.2, 0.25) is 0 Å². The van der Waals surface area contributed by atoms with Crippen molar-refractivity contribution >= 4 is 26.6 Å². The van der Waals surface area contributed by atoms with E-state index in [1.165, 1.54) is 50.7 Å². The third-order valence-corrected chi connectivity index (χ3v) is 7.87. The van der Waals surface area contributed by atoms with E-state index in [-0.39, 0.29) is 32.0 Å². The Bertz CT molecular complexity index is 1320. The van der Waals surface area contributed by atoms with Crippen LogP contribution in [0.5, 0.6) is 11.5 Å². The Kier molecular flexibility index (Phi) is 6.25. The summed E-state index contributed by atoms with van der Waals surface area (Å²) in [4.78, 5) is 19.0. The largest absolute Gasteiger partial charge is 0.493 e. The van der Waals surface area contributed by atoms with E-state index in [9.17, 15) is 17.6 Å². The summed E-state index contributed by atoms with van der Waals surface area (Å²) < 4.78 is 52.4. The van der Waals surface area contributed by atoms with Crippen LogP contribution < -0.4 is 9.47 Å². The second-order valence-corrected chi connectivity index (χ2v) is 10.0. The molecule has 1 aromatic heterocycles. The molecule has 3 aromatic rings. The molecule has 0 bridgehead atoms. The van der Waals surface area contributed by atoms with E-state index >= 15 is 0 Å². The molecule has 1 aliphatic rings. The summed E-state index contributed by atoms with van der Waals surface area (Å²) in [5.41, 5.74) is 0.205. The van der Waals surface area contributed by atoms with Crippen molar-refractivity contribution in [3.05, 3.63) is 54.0 Å². The molecule has 0 spiro atoms. The Hall–Kier alpha value is -3.20. The molecule has 0 radical (unpaired) electrons. The number of piperidine rings is 1. The van der Waals surface area contributed by atoms with E-state index in [1.807, 2.05) is 0 Å². The minimum absolute atomic E-state index is 0.0565. The Labute approximate surface area is 192 Å². The summed E-state index contributed by atoms with van der Waals surface area (Å²) in [5.74, 6) is 0.0266. The SMILES string of the molecule is COc1ccc(S(=O)(=O)c2c(C(=O)N3CCC(C)CC3)cnc3ccc(F)cc23)cc1OC. The number of carbonyl (C=O) groups excluding carboxylic acids is 1. The van der Waals surface area contributed by atoms with E-state index in [0.29, 0.717) is 24.8 Å². The minimum atomic E-state index is -4.25. The number of pyridine rings is 1. The summed E-state index contributed by atoms with van der Waals surface area (Å²) in [5, 5.41) is 0.0565. The molecule has 0 saturated carbocycles. The smallest absolute Gasteiger partial charge is 0.256 e. The first-order valence-corrected chi connectivity index (χ1v) is 12.1. The number of ether oxygens (including phenoxy) is 2. The van der Waals surface area contributed by atoms with Crippen molar-refractivity contribution in [3.8, 4) is 11.5 Å². The van der Waals surface area contributed by atoms with E-state index in [1.54, 1.807) is 4.90 Å². The van der Waals surface area contributed by atoms with Gasteiger partial charge in [-0.1, -0.05) is 6.92 Å². The fourth-order valence-electron chi connectivity index (χ4n) is 4.07. The lowest BCUT2D eigenvalue weighted by Crippen LogP contribution is -2.38. The van der Waals surface area contributed by atoms with Crippen LogP contribution in [-0.4, -0.2) is 51.5 Å². The van der Waals surface area contributed by atoms with Gasteiger partial charge in [0.15, 0.2) is 11.5 Å². The van der Waals surface area contributed by atoms with Gasteiger partial charge in [-0.05, 0) is 49.1 Å². The van der Waals surface area contributed by atoms with Gasteiger partial charge >= 0.3 is 0 Å². The minimum Gasteiger partial charge on any atom is -0.493 e. The first kappa shape index (κ1) is 23.0. The van der Waals surface area contributed by atoms with Crippen LogP contribution in [0.4, 0.5) is 4.39 Å². The number of amides is 1. The Morgan fingerprint density at radius 1 is 1.06 bits per heavy atom. The molecule has 2 heterocycles. The number of fused-ring (bicyclic) bond motifs is 1. The number of carbonyl (C=O) groups is 1. The van der Waals surface area contributed by atoms with Gasteiger partial charge in [-0.15, -0.1) is 0 Å². The Balaban J connectivity index is 1.93. The van der Waals surface area contributed by atoms with Gasteiger partial charge in [0.1, 0.15) is 5.82 Å². The lowest BCUT2D eigenvalue weighted by Gasteiger charge is -2.30. The number of likely N-dealkylation sites (tertiary alicyclic amines) is 1. The van der Waals surface area contributed by atoms with Crippen LogP contribution in [0.3, 0.4) is 0 Å². The summed E-state index contributed by atoms with van der Waals surface area (Å²) in [6, 6.07) is 7.88. The zero-order valence-corrected chi connectivity index (χ0v) is 19.5. The summed E-state index contributed by atoms with van der Waals surface area (Å²) in [7, 11) is -1.41. The van der Waals surface area contributed by atoms with Crippen LogP contribution in [0.1, 0.15) is 30.1 Å². The van der Waals surface area contributed by atoms with Crippen molar-refractivity contribution in [2.45, 2.75) is 29.6 Å². The third-order valence-electron chi connectivity index (χ3n) is 6.02. The fourth-order valence-corrected chi connectivity index (χ4v) is 5.69. The molecule has 1 saturated heterocycles. The molecule has 9 heteroatoms. The number of benzene rings is 2. The van der Waals surface area contributed by atoms with Crippen LogP contribution >= 0.6 is 0 Å². The van der Waals surface area contributed by atoms with Crippen LogP contribution in [0.25, 0.3) is 10.9 Å². The molecule has 1 fully saturated rings. The molecule has 0 atom stereocenters. The second kappa shape index (κ2) is 8.97. The fraction of sp³-hybridized carbons (Fsp3) is 0.333. The van der Waals surface area contributed by atoms with Gasteiger partial charge < -0.3 is 14.4 Å². The molecule has 2 aromatic carbocycles. The van der Waals surface area contributed by atoms with E-state index in [0.717, 1.165) is 18.9 Å². The topological polar surface area (TPSA) is 85.8 Å². The lowest BCUT2D eigenvalue weighted by molar-refractivity contribution is 0.0693. The number of aromatic nitrogens is 1. The highest BCUT2D eigenvalue weighted by Gasteiger charge is 2.32. The Morgan fingerprint density at radius 3 is 2.42 bits per heavy atom. The van der Waals surface area contributed by atoms with Gasteiger partial charge in [-0.25, -0.2) is 12.8 Å². The number of sulfone groups is 1. The van der Waals surface area contributed by atoms with Gasteiger partial charge in [0, 0.05) is 30.7 Å². The predicted molar refractivity (Wildman–Crippen MR) is 121 cm³/mol. The van der Waals surface area contributed by atoms with Gasteiger partial charge in [0.05, 0.1) is 35.1 Å². The van der Waals surface area contributed by atoms with Crippen LogP contribution in [-0.2, 0) is 9.84 Å². The molecule has 174 valence electrons. The van der Waals surface area contributed by atoms with E-state index in [4.69, 9.17) is 9.47 Å². The van der Waals surface area contributed by atoms with Crippen molar-refractivity contribution in [1.82, 2.24) is 9.88 Å². The number of rotatable bonds is 5. The van der Waals surface area contributed by atoms with Gasteiger partial charge in [-0.3, -0.25) is 9.78 Å². The number of methoxy groups -OCH3 is 2. The quantitative estimate of drug-likeness (QED) is 0.556. The van der Waals surface area contributed by atoms with Crippen molar-refractivity contribution in [2.24, 2.45) is 5.92 Å². The van der Waals surface area contributed by atoms with Crippen molar-refractivity contribution in [2.75, 3.05) is 27.3 Å². The first-order valence-electron chi connectivity index (χ1n) is 10.6. The average molecular weight is 473 g/mol. The molecule has 0 aliphatic carbocycles. The maximum atomic E-state index is 14.2. The first-order chi connectivity index (χ1) is 15.8. The van der Waals surface area contributed by atoms with Crippen molar-refractivity contribution in [3.63, 3.8) is 0 Å². The van der Waals surface area contributed by atoms with Gasteiger partial charge in [-0.2, -0.15) is 0 Å². The highest BCUT2D eigenvalue weighted by Crippen LogP contribution is 2.36. The lowest BCUT2D eigenvalue weighted by atomic mass is 9.98. The van der Waals surface area contributed by atoms with Crippen molar-refractivity contribution < 1.29 is 27.1 Å². The Morgan fingerprint density at radius 2 is 1.76 bits per heavy atom. The highest BCUT2D eigenvalue weighted by molar-refractivity contribution is 7.91. The molecule has 4 rings (SSSR count). The van der Waals surface area contributed by atoms with E-state index < -0.39 is 21.6 Å². The molecule has 0 N–H and O–H groups in total. The summed E-state index contributed by atoms with van der Waals surface area (Å²) >= 11 is 0. The molecule has 1 amide bonds. The zero-order chi connectivity index (χ0) is 23.8. The van der Waals surface area contributed by atoms with Crippen LogP contribution in [0, 0.1) is 11.7 Å². The van der Waals surface area contributed by atoms with Crippen molar-refractivity contribution in [1.29, 1.82) is 0 Å². The summed E-state index contributed by atoms with van der Waals surface area (Å²) in [6.07, 6.45) is 2.94. The zero-order valence-electron chi connectivity index (χ0n) is 18.7.